The smallest absolute Gasteiger partial charge is 0.383 e. The summed E-state index contributed by atoms with van der Waals surface area (Å²) in [5.41, 5.74) is 1.85. The highest BCUT2D eigenvalue weighted by molar-refractivity contribution is 7.07. The van der Waals surface area contributed by atoms with Gasteiger partial charge in [-0.15, -0.1) is 11.3 Å². The number of aliphatic hydroxyl groups is 1. The van der Waals surface area contributed by atoms with E-state index < -0.39 is 18.2 Å². The molecule has 2 heterocycles. The van der Waals surface area contributed by atoms with Gasteiger partial charge in [0.05, 0.1) is 5.51 Å². The number of thiazole rings is 1. The van der Waals surface area contributed by atoms with Gasteiger partial charge in [-0.25, -0.2) is 4.98 Å². The molecule has 1 aliphatic rings. The molecule has 1 unspecified atom stereocenters. The number of aromatic nitrogens is 1. The number of hydrogen-bond acceptors (Lipinski definition) is 4. The average Bonchev–Trinajstić information content (AvgIpc) is 2.90. The molecule has 0 bridgehead atoms. The van der Waals surface area contributed by atoms with Crippen LogP contribution in [0.5, 0.6) is 0 Å². The normalized spacial score (nSPS) is 19.5. The lowest BCUT2D eigenvalue weighted by Crippen LogP contribution is -2.45. The third kappa shape index (κ3) is 3.24. The van der Waals surface area contributed by atoms with Crippen molar-refractivity contribution in [3.05, 3.63) is 16.6 Å². The fourth-order valence-electron chi connectivity index (χ4n) is 2.17. The highest BCUT2D eigenvalue weighted by atomic mass is 32.1. The summed E-state index contributed by atoms with van der Waals surface area (Å²) in [6.45, 7) is 0.433. The molecule has 1 saturated heterocycles. The third-order valence-corrected chi connectivity index (χ3v) is 3.85. The van der Waals surface area contributed by atoms with Crippen LogP contribution in [0.4, 0.5) is 13.2 Å². The molecule has 1 amide bonds. The quantitative estimate of drug-likeness (QED) is 0.906. The molecule has 0 aromatic carbocycles. The zero-order valence-electron chi connectivity index (χ0n) is 9.93. The van der Waals surface area contributed by atoms with Crippen molar-refractivity contribution in [1.29, 1.82) is 0 Å². The van der Waals surface area contributed by atoms with Crippen LogP contribution in [0.15, 0.2) is 10.9 Å². The number of alkyl halides is 3. The second-order valence-electron chi connectivity index (χ2n) is 4.49. The van der Waals surface area contributed by atoms with Crippen LogP contribution < -0.4 is 0 Å². The molecular weight excluding hydrogens is 281 g/mol. The van der Waals surface area contributed by atoms with Crippen LogP contribution >= 0.6 is 11.3 Å². The monoisotopic (exact) mass is 294 g/mol. The predicted molar refractivity (Wildman–Crippen MR) is 62.8 cm³/mol. The second-order valence-corrected chi connectivity index (χ2v) is 5.21. The fourth-order valence-corrected chi connectivity index (χ4v) is 2.69. The van der Waals surface area contributed by atoms with Gasteiger partial charge in [0.25, 0.3) is 5.91 Å². The van der Waals surface area contributed by atoms with E-state index in [9.17, 15) is 23.1 Å². The number of aliphatic hydroxyl groups excluding tert-OH is 1. The Hall–Kier alpha value is -1.15. The third-order valence-electron chi connectivity index (χ3n) is 3.26. The van der Waals surface area contributed by atoms with Gasteiger partial charge in [0.1, 0.15) is 5.69 Å². The Morgan fingerprint density at radius 1 is 1.47 bits per heavy atom. The number of piperidine rings is 1. The largest absolute Gasteiger partial charge is 0.414 e. The van der Waals surface area contributed by atoms with E-state index in [1.807, 2.05) is 0 Å². The van der Waals surface area contributed by atoms with Gasteiger partial charge in [-0.2, -0.15) is 13.2 Å². The van der Waals surface area contributed by atoms with Gasteiger partial charge < -0.3 is 10.0 Å². The van der Waals surface area contributed by atoms with E-state index >= 15 is 0 Å². The summed E-state index contributed by atoms with van der Waals surface area (Å²) in [7, 11) is 0. The molecule has 1 N–H and O–H groups in total. The van der Waals surface area contributed by atoms with Crippen molar-refractivity contribution in [3.8, 4) is 0 Å². The van der Waals surface area contributed by atoms with E-state index in [1.165, 1.54) is 21.7 Å². The van der Waals surface area contributed by atoms with Gasteiger partial charge in [-0.3, -0.25) is 4.79 Å². The number of halogens is 3. The van der Waals surface area contributed by atoms with Crippen LogP contribution in [-0.4, -0.2) is 46.3 Å². The molecule has 1 aliphatic heterocycles. The van der Waals surface area contributed by atoms with E-state index in [2.05, 4.69) is 4.98 Å². The Kier molecular flexibility index (Phi) is 4.10. The van der Waals surface area contributed by atoms with Gasteiger partial charge in [0, 0.05) is 18.5 Å². The zero-order chi connectivity index (χ0) is 14.0. The summed E-state index contributed by atoms with van der Waals surface area (Å²) < 4.78 is 37.1. The molecule has 0 spiro atoms. The van der Waals surface area contributed by atoms with Crippen molar-refractivity contribution in [2.75, 3.05) is 13.1 Å². The number of amides is 1. The van der Waals surface area contributed by atoms with E-state index in [-0.39, 0.29) is 31.8 Å². The number of nitrogens with zero attached hydrogens (tertiary/aromatic N) is 2. The minimum absolute atomic E-state index is 0.149. The molecule has 1 atom stereocenters. The van der Waals surface area contributed by atoms with Crippen LogP contribution in [0.1, 0.15) is 23.3 Å². The maximum atomic E-state index is 12.4. The molecule has 1 fully saturated rings. The van der Waals surface area contributed by atoms with Gasteiger partial charge >= 0.3 is 6.18 Å². The van der Waals surface area contributed by atoms with Crippen LogP contribution in [0.3, 0.4) is 0 Å². The maximum absolute atomic E-state index is 12.4. The van der Waals surface area contributed by atoms with Crippen molar-refractivity contribution in [2.45, 2.75) is 25.1 Å². The van der Waals surface area contributed by atoms with Gasteiger partial charge in [-0.05, 0) is 18.8 Å². The van der Waals surface area contributed by atoms with Crippen molar-refractivity contribution >= 4 is 17.2 Å². The van der Waals surface area contributed by atoms with Crippen molar-refractivity contribution in [3.63, 3.8) is 0 Å². The SMILES string of the molecule is O=C(c1cscn1)N1CCC(C(O)C(F)(F)F)CC1. The van der Waals surface area contributed by atoms with E-state index in [0.29, 0.717) is 5.69 Å². The van der Waals surface area contributed by atoms with Crippen LogP contribution in [0.2, 0.25) is 0 Å². The lowest BCUT2D eigenvalue weighted by atomic mass is 9.91. The predicted octanol–water partition coefficient (Wildman–Crippen LogP) is 1.92. The van der Waals surface area contributed by atoms with Crippen molar-refractivity contribution in [1.82, 2.24) is 9.88 Å². The lowest BCUT2D eigenvalue weighted by Gasteiger charge is -2.34. The molecular formula is C11H13F3N2O2S. The van der Waals surface area contributed by atoms with Crippen LogP contribution in [0, 0.1) is 5.92 Å². The Balaban J connectivity index is 1.91. The van der Waals surface area contributed by atoms with Crippen molar-refractivity contribution in [2.24, 2.45) is 5.92 Å². The number of carbonyl (C=O) groups is 1. The molecule has 4 nitrogen and oxygen atoms in total. The topological polar surface area (TPSA) is 53.4 Å². The van der Waals surface area contributed by atoms with E-state index in [1.54, 1.807) is 5.38 Å². The van der Waals surface area contributed by atoms with Crippen molar-refractivity contribution < 1.29 is 23.1 Å². The zero-order valence-corrected chi connectivity index (χ0v) is 10.7. The van der Waals surface area contributed by atoms with Crippen LogP contribution in [0.25, 0.3) is 0 Å². The summed E-state index contributed by atoms with van der Waals surface area (Å²) in [6, 6.07) is 0. The fraction of sp³-hybridized carbons (Fsp3) is 0.636. The molecule has 2 rings (SSSR count). The highest BCUT2D eigenvalue weighted by Gasteiger charge is 2.44. The molecule has 1 aromatic rings. The first-order valence-electron chi connectivity index (χ1n) is 5.82. The van der Waals surface area contributed by atoms with Gasteiger partial charge in [0.15, 0.2) is 6.10 Å². The summed E-state index contributed by atoms with van der Waals surface area (Å²) in [5.74, 6) is -1.10. The summed E-state index contributed by atoms with van der Waals surface area (Å²) in [5, 5.41) is 10.8. The molecule has 1 aromatic heterocycles. The average molecular weight is 294 g/mol. The lowest BCUT2D eigenvalue weighted by molar-refractivity contribution is -0.222. The molecule has 0 radical (unpaired) electrons. The summed E-state index contributed by atoms with van der Waals surface area (Å²) in [4.78, 5) is 17.3. The van der Waals surface area contributed by atoms with Crippen LogP contribution in [-0.2, 0) is 0 Å². The Bertz CT molecular complexity index is 428. The molecule has 0 saturated carbocycles. The first-order valence-corrected chi connectivity index (χ1v) is 6.76. The number of hydrogen-bond donors (Lipinski definition) is 1. The van der Waals surface area contributed by atoms with Gasteiger partial charge in [0.2, 0.25) is 0 Å². The van der Waals surface area contributed by atoms with Gasteiger partial charge in [-0.1, -0.05) is 0 Å². The first kappa shape index (κ1) is 14.3. The molecule has 19 heavy (non-hydrogen) atoms. The first-order chi connectivity index (χ1) is 8.89. The standard InChI is InChI=1S/C11H13F3N2O2S/c12-11(13,14)9(17)7-1-3-16(4-2-7)10(18)8-5-19-6-15-8/h5-7,9,17H,1-4H2. The summed E-state index contributed by atoms with van der Waals surface area (Å²) >= 11 is 1.29. The second kappa shape index (κ2) is 5.46. The van der Waals surface area contributed by atoms with E-state index in [4.69, 9.17) is 0 Å². The summed E-state index contributed by atoms with van der Waals surface area (Å²) in [6.07, 6.45) is -6.59. The number of rotatable bonds is 2. The maximum Gasteiger partial charge on any atom is 0.414 e. The Morgan fingerprint density at radius 2 is 2.11 bits per heavy atom. The molecule has 8 heteroatoms. The molecule has 0 aliphatic carbocycles. The van der Waals surface area contributed by atoms with E-state index in [0.717, 1.165) is 0 Å². The Labute approximate surface area is 111 Å². The minimum Gasteiger partial charge on any atom is -0.383 e. The number of likely N-dealkylation sites (tertiary alicyclic amines) is 1. The Morgan fingerprint density at radius 3 is 2.58 bits per heavy atom. The molecule has 106 valence electrons. The number of carbonyl (C=O) groups excluding carboxylic acids is 1. The minimum atomic E-state index is -4.59. The highest BCUT2D eigenvalue weighted by Crippen LogP contribution is 2.31.